The van der Waals surface area contributed by atoms with Gasteiger partial charge in [-0.3, -0.25) is 9.36 Å². The standard InChI is InChI=1S/C28H28N2O7S/c1-15(2)37-27(33)23-16(3)29-28-30(24(23)17-7-9-18(10-8-17)26(32)36-6)25(31)22(38-28)13-19-11-12-20(34-4)14-21(19)35-5/h7-15,24H,1-6H3. The van der Waals surface area contributed by atoms with Crippen molar-refractivity contribution >= 4 is 29.4 Å². The second-order valence-electron chi connectivity index (χ2n) is 8.76. The van der Waals surface area contributed by atoms with Crippen LogP contribution in [0.15, 0.2) is 63.5 Å². The van der Waals surface area contributed by atoms with Gasteiger partial charge >= 0.3 is 11.9 Å². The summed E-state index contributed by atoms with van der Waals surface area (Å²) >= 11 is 1.21. The van der Waals surface area contributed by atoms with Gasteiger partial charge in [-0.15, -0.1) is 0 Å². The second-order valence-corrected chi connectivity index (χ2v) is 9.77. The molecule has 0 saturated carbocycles. The number of aromatic nitrogens is 1. The quantitative estimate of drug-likeness (QED) is 0.428. The molecule has 1 aliphatic rings. The zero-order valence-corrected chi connectivity index (χ0v) is 22.8. The number of esters is 2. The van der Waals surface area contributed by atoms with Gasteiger partial charge in [-0.25, -0.2) is 14.6 Å². The molecule has 10 heteroatoms. The van der Waals surface area contributed by atoms with Crippen LogP contribution in [0.4, 0.5) is 0 Å². The van der Waals surface area contributed by atoms with Crippen molar-refractivity contribution in [3.63, 3.8) is 0 Å². The minimum absolute atomic E-state index is 0.255. The number of hydrogen-bond acceptors (Lipinski definition) is 9. The number of thiazole rings is 1. The summed E-state index contributed by atoms with van der Waals surface area (Å²) in [6, 6.07) is 11.1. The van der Waals surface area contributed by atoms with E-state index in [1.54, 1.807) is 83.5 Å². The summed E-state index contributed by atoms with van der Waals surface area (Å²) < 4.78 is 23.0. The average molecular weight is 537 g/mol. The van der Waals surface area contributed by atoms with Crippen molar-refractivity contribution in [3.8, 4) is 11.5 Å². The van der Waals surface area contributed by atoms with Crippen molar-refractivity contribution in [2.24, 2.45) is 4.99 Å². The molecular formula is C28H28N2O7S. The smallest absolute Gasteiger partial charge is 0.338 e. The molecule has 3 aromatic rings. The Balaban J connectivity index is 1.92. The van der Waals surface area contributed by atoms with Gasteiger partial charge in [0.1, 0.15) is 11.5 Å². The SMILES string of the molecule is COC(=O)c1ccc(C2C(C(=O)OC(C)C)=C(C)N=c3sc(=Cc4ccc(OC)cc4OC)c(=O)n32)cc1. The number of allylic oxidation sites excluding steroid dienone is 1. The monoisotopic (exact) mass is 536 g/mol. The number of fused-ring (bicyclic) bond motifs is 1. The Kier molecular flexibility index (Phi) is 7.82. The highest BCUT2D eigenvalue weighted by Gasteiger charge is 2.34. The highest BCUT2D eigenvalue weighted by molar-refractivity contribution is 7.07. The fourth-order valence-corrected chi connectivity index (χ4v) is 5.21. The Morgan fingerprint density at radius 3 is 2.34 bits per heavy atom. The van der Waals surface area contributed by atoms with E-state index < -0.39 is 18.0 Å². The van der Waals surface area contributed by atoms with Crippen molar-refractivity contribution in [1.29, 1.82) is 0 Å². The van der Waals surface area contributed by atoms with Gasteiger partial charge in [-0.1, -0.05) is 23.5 Å². The maximum absolute atomic E-state index is 13.8. The number of nitrogens with zero attached hydrogens (tertiary/aromatic N) is 2. The Morgan fingerprint density at radius 2 is 1.74 bits per heavy atom. The van der Waals surface area contributed by atoms with Gasteiger partial charge in [0.2, 0.25) is 0 Å². The molecule has 0 saturated heterocycles. The minimum atomic E-state index is -0.802. The van der Waals surface area contributed by atoms with E-state index in [0.717, 1.165) is 0 Å². The van der Waals surface area contributed by atoms with Crippen LogP contribution in [0.25, 0.3) is 6.08 Å². The molecule has 4 rings (SSSR count). The van der Waals surface area contributed by atoms with Crippen LogP contribution in [0.1, 0.15) is 48.3 Å². The normalized spacial score (nSPS) is 15.1. The van der Waals surface area contributed by atoms with Gasteiger partial charge in [0.25, 0.3) is 5.56 Å². The summed E-state index contributed by atoms with van der Waals surface area (Å²) in [6.45, 7) is 5.23. The first-order valence-electron chi connectivity index (χ1n) is 11.8. The molecule has 0 aliphatic carbocycles. The van der Waals surface area contributed by atoms with Crippen LogP contribution in [0.2, 0.25) is 0 Å². The lowest BCUT2D eigenvalue weighted by molar-refractivity contribution is -0.143. The van der Waals surface area contributed by atoms with E-state index in [1.165, 1.54) is 23.0 Å². The lowest BCUT2D eigenvalue weighted by atomic mass is 9.95. The summed E-state index contributed by atoms with van der Waals surface area (Å²) in [5.41, 5.74) is 2.04. The Morgan fingerprint density at radius 1 is 1.03 bits per heavy atom. The first kappa shape index (κ1) is 26.9. The van der Waals surface area contributed by atoms with Crippen molar-refractivity contribution in [3.05, 3.63) is 90.1 Å². The van der Waals surface area contributed by atoms with Gasteiger partial charge in [0.05, 0.1) is 54.8 Å². The highest BCUT2D eigenvalue weighted by Crippen LogP contribution is 2.31. The second kappa shape index (κ2) is 11.1. The zero-order chi connectivity index (χ0) is 27.6. The molecule has 1 aromatic heterocycles. The van der Waals surface area contributed by atoms with E-state index in [-0.39, 0.29) is 17.2 Å². The van der Waals surface area contributed by atoms with Gasteiger partial charge in [0.15, 0.2) is 4.80 Å². The summed E-state index contributed by atoms with van der Waals surface area (Å²) in [6.07, 6.45) is 1.36. The van der Waals surface area contributed by atoms with Gasteiger partial charge in [-0.05, 0) is 56.7 Å². The van der Waals surface area contributed by atoms with Gasteiger partial charge < -0.3 is 18.9 Å². The molecule has 0 fully saturated rings. The largest absolute Gasteiger partial charge is 0.497 e. The Labute approximate surface area is 223 Å². The minimum Gasteiger partial charge on any atom is -0.497 e. The van der Waals surface area contributed by atoms with Crippen molar-refractivity contribution < 1.29 is 28.5 Å². The van der Waals surface area contributed by atoms with Crippen molar-refractivity contribution in [2.45, 2.75) is 32.9 Å². The first-order chi connectivity index (χ1) is 18.2. The molecule has 0 bridgehead atoms. The molecule has 1 unspecified atom stereocenters. The molecule has 0 N–H and O–H groups in total. The summed E-state index contributed by atoms with van der Waals surface area (Å²) in [5.74, 6) is 0.122. The van der Waals surface area contributed by atoms with Crippen molar-refractivity contribution in [2.75, 3.05) is 21.3 Å². The van der Waals surface area contributed by atoms with Gasteiger partial charge in [-0.2, -0.15) is 0 Å². The molecule has 2 heterocycles. The molecule has 0 radical (unpaired) electrons. The third-order valence-electron chi connectivity index (χ3n) is 5.96. The van der Waals surface area contributed by atoms with E-state index in [4.69, 9.17) is 18.9 Å². The van der Waals surface area contributed by atoms with E-state index in [1.807, 2.05) is 0 Å². The Hall–Kier alpha value is -4.18. The van der Waals surface area contributed by atoms with Crippen molar-refractivity contribution in [1.82, 2.24) is 4.57 Å². The lowest BCUT2D eigenvalue weighted by Crippen LogP contribution is -2.40. The van der Waals surface area contributed by atoms with E-state index in [2.05, 4.69) is 4.99 Å². The van der Waals surface area contributed by atoms with Crippen LogP contribution < -0.4 is 24.4 Å². The molecule has 0 amide bonds. The fourth-order valence-electron chi connectivity index (χ4n) is 4.17. The molecule has 1 aliphatic heterocycles. The number of benzene rings is 2. The predicted molar refractivity (Wildman–Crippen MR) is 142 cm³/mol. The van der Waals surface area contributed by atoms with Crippen LogP contribution in [0.5, 0.6) is 11.5 Å². The van der Waals surface area contributed by atoms with Crippen LogP contribution in [-0.4, -0.2) is 43.9 Å². The van der Waals surface area contributed by atoms with Crippen LogP contribution in [-0.2, 0) is 14.3 Å². The number of methoxy groups -OCH3 is 3. The van der Waals surface area contributed by atoms with E-state index in [0.29, 0.717) is 43.2 Å². The summed E-state index contributed by atoms with van der Waals surface area (Å²) in [4.78, 5) is 44.0. The summed E-state index contributed by atoms with van der Waals surface area (Å²) in [5, 5.41) is 0. The number of carbonyl (C=O) groups is 2. The lowest BCUT2D eigenvalue weighted by Gasteiger charge is -2.25. The van der Waals surface area contributed by atoms with E-state index >= 15 is 0 Å². The molecule has 38 heavy (non-hydrogen) atoms. The number of hydrogen-bond donors (Lipinski definition) is 0. The average Bonchev–Trinajstić information content (AvgIpc) is 3.21. The molecule has 198 valence electrons. The molecule has 9 nitrogen and oxygen atoms in total. The van der Waals surface area contributed by atoms with Crippen LogP contribution >= 0.6 is 11.3 Å². The van der Waals surface area contributed by atoms with Crippen LogP contribution in [0, 0.1) is 0 Å². The third kappa shape index (κ3) is 5.12. The zero-order valence-electron chi connectivity index (χ0n) is 21.9. The highest BCUT2D eigenvalue weighted by atomic mass is 32.1. The maximum atomic E-state index is 13.8. The van der Waals surface area contributed by atoms with E-state index in [9.17, 15) is 14.4 Å². The maximum Gasteiger partial charge on any atom is 0.338 e. The topological polar surface area (TPSA) is 105 Å². The van der Waals surface area contributed by atoms with Gasteiger partial charge in [0, 0.05) is 11.6 Å². The third-order valence-corrected chi connectivity index (χ3v) is 6.94. The predicted octanol–water partition coefficient (Wildman–Crippen LogP) is 2.99. The van der Waals surface area contributed by atoms with Crippen LogP contribution in [0.3, 0.4) is 0 Å². The summed E-state index contributed by atoms with van der Waals surface area (Å²) in [7, 11) is 4.41. The first-order valence-corrected chi connectivity index (χ1v) is 12.6. The molecule has 1 atom stereocenters. The molecule has 2 aromatic carbocycles. The Bertz CT molecular complexity index is 1600. The molecule has 0 spiro atoms. The number of rotatable bonds is 7. The number of ether oxygens (including phenoxy) is 4. The number of carbonyl (C=O) groups excluding carboxylic acids is 2. The molecular weight excluding hydrogens is 508 g/mol. The fraction of sp³-hybridized carbons (Fsp3) is 0.286.